The Kier molecular flexibility index (Phi) is 8.03. The predicted molar refractivity (Wildman–Crippen MR) is 51.6 cm³/mol. The molecule has 2 N–H and O–H groups in total. The van der Waals surface area contributed by atoms with Gasteiger partial charge < -0.3 is 5.73 Å². The third-order valence-electron chi connectivity index (χ3n) is 2.35. The van der Waals surface area contributed by atoms with E-state index in [0.29, 0.717) is 0 Å². The van der Waals surface area contributed by atoms with Crippen molar-refractivity contribution >= 4 is 0 Å². The summed E-state index contributed by atoms with van der Waals surface area (Å²) in [6.45, 7) is 5.47. The fraction of sp³-hybridized carbons (Fsp3) is 1.00. The maximum absolute atomic E-state index is 5.40. The summed E-state index contributed by atoms with van der Waals surface area (Å²) in [6.07, 6.45) is 8.04. The maximum Gasteiger partial charge on any atom is -0.00773 e. The first kappa shape index (κ1) is 11.0. The van der Waals surface area contributed by atoms with Crippen LogP contribution in [0.2, 0.25) is 0 Å². The van der Waals surface area contributed by atoms with E-state index < -0.39 is 0 Å². The van der Waals surface area contributed by atoms with Crippen LogP contribution < -0.4 is 5.73 Å². The molecule has 0 bridgehead atoms. The summed E-state index contributed by atoms with van der Waals surface area (Å²) >= 11 is 0. The van der Waals surface area contributed by atoms with Gasteiger partial charge in [-0.15, -0.1) is 0 Å². The van der Waals surface area contributed by atoms with E-state index in [1.807, 2.05) is 0 Å². The van der Waals surface area contributed by atoms with Gasteiger partial charge in [-0.1, -0.05) is 46.0 Å². The van der Waals surface area contributed by atoms with Gasteiger partial charge in [-0.3, -0.25) is 0 Å². The average molecular weight is 157 g/mol. The first-order chi connectivity index (χ1) is 5.31. The van der Waals surface area contributed by atoms with Gasteiger partial charge in [0.1, 0.15) is 0 Å². The van der Waals surface area contributed by atoms with Gasteiger partial charge in [0.05, 0.1) is 0 Å². The molecule has 1 nitrogen and oxygen atoms in total. The summed E-state index contributed by atoms with van der Waals surface area (Å²) in [5.74, 6) is 0.924. The van der Waals surface area contributed by atoms with Crippen molar-refractivity contribution in [3.63, 3.8) is 0 Å². The van der Waals surface area contributed by atoms with Gasteiger partial charge in [-0.25, -0.2) is 0 Å². The van der Waals surface area contributed by atoms with E-state index in [1.165, 1.54) is 38.5 Å². The zero-order chi connectivity index (χ0) is 8.53. The molecule has 11 heavy (non-hydrogen) atoms. The van der Waals surface area contributed by atoms with Crippen LogP contribution in [-0.2, 0) is 0 Å². The van der Waals surface area contributed by atoms with Crippen molar-refractivity contribution in [2.45, 2.75) is 52.4 Å². The van der Waals surface area contributed by atoms with Crippen molar-refractivity contribution in [2.24, 2.45) is 11.7 Å². The first-order valence-corrected chi connectivity index (χ1v) is 5.01. The van der Waals surface area contributed by atoms with E-state index in [-0.39, 0.29) is 0 Å². The van der Waals surface area contributed by atoms with E-state index in [9.17, 15) is 0 Å². The first-order valence-electron chi connectivity index (χ1n) is 5.01. The largest absolute Gasteiger partial charge is 0.330 e. The molecule has 0 aliphatic carbocycles. The summed E-state index contributed by atoms with van der Waals surface area (Å²) in [5.41, 5.74) is 5.40. The van der Waals surface area contributed by atoms with Gasteiger partial charge in [-0.2, -0.15) is 0 Å². The quantitative estimate of drug-likeness (QED) is 0.565. The minimum atomic E-state index is 0.864. The SMILES string of the molecule is CC[C@H](C)CCCCCCN. The van der Waals surface area contributed by atoms with Crippen molar-refractivity contribution in [3.05, 3.63) is 0 Å². The Bertz CT molecular complexity index is 71.3. The lowest BCUT2D eigenvalue weighted by molar-refractivity contribution is 0.475. The van der Waals surface area contributed by atoms with E-state index in [1.54, 1.807) is 0 Å². The number of rotatable bonds is 7. The lowest BCUT2D eigenvalue weighted by Gasteiger charge is -2.06. The molecule has 0 aromatic carbocycles. The molecule has 0 spiro atoms. The Morgan fingerprint density at radius 1 is 1.09 bits per heavy atom. The minimum absolute atomic E-state index is 0.864. The molecule has 0 rings (SSSR count). The molecule has 0 heterocycles. The van der Waals surface area contributed by atoms with Crippen molar-refractivity contribution < 1.29 is 0 Å². The Hall–Kier alpha value is -0.0400. The fourth-order valence-electron chi connectivity index (χ4n) is 1.19. The van der Waals surface area contributed by atoms with E-state index in [0.717, 1.165) is 12.5 Å². The molecule has 0 aromatic heterocycles. The topological polar surface area (TPSA) is 26.0 Å². The van der Waals surface area contributed by atoms with Crippen LogP contribution in [0.4, 0.5) is 0 Å². The molecule has 1 atom stereocenters. The second-order valence-corrected chi connectivity index (χ2v) is 3.50. The van der Waals surface area contributed by atoms with Gasteiger partial charge in [0.2, 0.25) is 0 Å². The predicted octanol–water partition coefficient (Wildman–Crippen LogP) is 2.94. The van der Waals surface area contributed by atoms with Crippen LogP contribution in [0.5, 0.6) is 0 Å². The number of hydrogen-bond acceptors (Lipinski definition) is 1. The highest BCUT2D eigenvalue weighted by Gasteiger charge is 1.97. The van der Waals surface area contributed by atoms with Crippen LogP contribution in [0.25, 0.3) is 0 Å². The third kappa shape index (κ3) is 7.86. The maximum atomic E-state index is 5.40. The smallest absolute Gasteiger partial charge is 0.00773 e. The van der Waals surface area contributed by atoms with Gasteiger partial charge in [0, 0.05) is 0 Å². The monoisotopic (exact) mass is 157 g/mol. The highest BCUT2D eigenvalue weighted by atomic mass is 14.5. The average Bonchev–Trinajstić information content (AvgIpc) is 2.04. The molecular weight excluding hydrogens is 134 g/mol. The molecule has 0 radical (unpaired) electrons. The van der Waals surface area contributed by atoms with E-state index in [2.05, 4.69) is 13.8 Å². The highest BCUT2D eigenvalue weighted by molar-refractivity contribution is 4.51. The normalized spacial score (nSPS) is 13.4. The van der Waals surface area contributed by atoms with E-state index >= 15 is 0 Å². The van der Waals surface area contributed by atoms with Crippen LogP contribution in [0.3, 0.4) is 0 Å². The van der Waals surface area contributed by atoms with Crippen LogP contribution in [-0.4, -0.2) is 6.54 Å². The molecule has 0 aromatic rings. The van der Waals surface area contributed by atoms with Crippen molar-refractivity contribution in [1.82, 2.24) is 0 Å². The van der Waals surface area contributed by atoms with Gasteiger partial charge in [0.25, 0.3) is 0 Å². The molecule has 0 saturated heterocycles. The van der Waals surface area contributed by atoms with E-state index in [4.69, 9.17) is 5.73 Å². The van der Waals surface area contributed by atoms with Gasteiger partial charge in [-0.05, 0) is 18.9 Å². The van der Waals surface area contributed by atoms with Crippen molar-refractivity contribution in [3.8, 4) is 0 Å². The molecule has 0 amide bonds. The van der Waals surface area contributed by atoms with Crippen LogP contribution in [0.15, 0.2) is 0 Å². The fourth-order valence-corrected chi connectivity index (χ4v) is 1.19. The molecule has 68 valence electrons. The zero-order valence-corrected chi connectivity index (χ0v) is 8.10. The molecule has 0 saturated carbocycles. The second-order valence-electron chi connectivity index (χ2n) is 3.50. The summed E-state index contributed by atoms with van der Waals surface area (Å²) in [7, 11) is 0. The van der Waals surface area contributed by atoms with Gasteiger partial charge in [0.15, 0.2) is 0 Å². The summed E-state index contributed by atoms with van der Waals surface area (Å²) in [5, 5.41) is 0. The van der Waals surface area contributed by atoms with Crippen LogP contribution in [0.1, 0.15) is 52.4 Å². The standard InChI is InChI=1S/C10H23N/c1-3-10(2)8-6-4-5-7-9-11/h10H,3-9,11H2,1-2H3/t10-/m0/s1. The number of nitrogens with two attached hydrogens (primary N) is 1. The van der Waals surface area contributed by atoms with Crippen LogP contribution >= 0.6 is 0 Å². The molecule has 0 fully saturated rings. The minimum Gasteiger partial charge on any atom is -0.330 e. The van der Waals surface area contributed by atoms with Crippen molar-refractivity contribution in [1.29, 1.82) is 0 Å². The summed E-state index contributed by atoms with van der Waals surface area (Å²) in [6, 6.07) is 0. The Morgan fingerprint density at radius 3 is 2.27 bits per heavy atom. The summed E-state index contributed by atoms with van der Waals surface area (Å²) in [4.78, 5) is 0. The molecular formula is C10H23N. The Labute approximate surface area is 71.4 Å². The third-order valence-corrected chi connectivity index (χ3v) is 2.35. The highest BCUT2D eigenvalue weighted by Crippen LogP contribution is 2.12. The second kappa shape index (κ2) is 8.06. The van der Waals surface area contributed by atoms with Crippen molar-refractivity contribution in [2.75, 3.05) is 6.54 Å². The molecule has 1 heteroatoms. The zero-order valence-electron chi connectivity index (χ0n) is 8.10. The Balaban J connectivity index is 2.89. The van der Waals surface area contributed by atoms with Gasteiger partial charge >= 0.3 is 0 Å². The molecule has 0 aliphatic rings. The molecule has 0 unspecified atom stereocenters. The molecule has 0 aliphatic heterocycles. The lowest BCUT2D eigenvalue weighted by Crippen LogP contribution is -1.98. The lowest BCUT2D eigenvalue weighted by atomic mass is 10.0. The summed E-state index contributed by atoms with van der Waals surface area (Å²) < 4.78 is 0. The number of hydrogen-bond donors (Lipinski definition) is 1. The van der Waals surface area contributed by atoms with Crippen LogP contribution in [0, 0.1) is 5.92 Å². The Morgan fingerprint density at radius 2 is 1.73 bits per heavy atom. The number of unbranched alkanes of at least 4 members (excludes halogenated alkanes) is 3.